The minimum atomic E-state index is -0.639. The molecular weight excluding hydrogens is 491 g/mol. The predicted octanol–water partition coefficient (Wildman–Crippen LogP) is 4.65. The van der Waals surface area contributed by atoms with Crippen molar-refractivity contribution in [3.63, 3.8) is 0 Å². The fourth-order valence-electron chi connectivity index (χ4n) is 4.31. The summed E-state index contributed by atoms with van der Waals surface area (Å²) in [4.78, 5) is 9.65. The average Bonchev–Trinajstić information content (AvgIpc) is 3.39. The molecule has 1 aliphatic heterocycles. The van der Waals surface area contributed by atoms with Crippen LogP contribution < -0.4 is 10.1 Å². The van der Waals surface area contributed by atoms with Crippen LogP contribution in [0.1, 0.15) is 30.5 Å². The Hall–Kier alpha value is -2.23. The number of aliphatic hydroxyl groups is 1. The second-order valence-electron chi connectivity index (χ2n) is 8.97. The van der Waals surface area contributed by atoms with E-state index in [0.29, 0.717) is 69.8 Å². The highest BCUT2D eigenvalue weighted by molar-refractivity contribution is 6.34. The first-order valence-corrected chi connectivity index (χ1v) is 12.4. The van der Waals surface area contributed by atoms with Gasteiger partial charge in [0.25, 0.3) is 0 Å². The van der Waals surface area contributed by atoms with Crippen LogP contribution in [0.2, 0.25) is 10.0 Å². The van der Waals surface area contributed by atoms with Gasteiger partial charge in [-0.2, -0.15) is 0 Å². The van der Waals surface area contributed by atoms with Crippen LogP contribution in [0.15, 0.2) is 22.7 Å². The van der Waals surface area contributed by atoms with E-state index in [4.69, 9.17) is 47.2 Å². The summed E-state index contributed by atoms with van der Waals surface area (Å²) < 4.78 is 16.9. The summed E-state index contributed by atoms with van der Waals surface area (Å²) in [5, 5.41) is 17.9. The molecule has 35 heavy (non-hydrogen) atoms. The quantitative estimate of drug-likeness (QED) is 0.420. The van der Waals surface area contributed by atoms with Gasteiger partial charge in [0.1, 0.15) is 24.2 Å². The fraction of sp³-hybridized carbons (Fsp3) is 0.480. The van der Waals surface area contributed by atoms with E-state index in [2.05, 4.69) is 17.4 Å². The van der Waals surface area contributed by atoms with Crippen molar-refractivity contribution in [2.45, 2.75) is 45.8 Å². The van der Waals surface area contributed by atoms with Gasteiger partial charge in [0.05, 0.1) is 45.4 Å². The number of hydrogen-bond acceptors (Lipinski definition) is 8. The zero-order valence-electron chi connectivity index (χ0n) is 20.3. The first kappa shape index (κ1) is 25.9. The minimum absolute atomic E-state index is 0.138. The molecule has 188 valence electrons. The van der Waals surface area contributed by atoms with Crippen molar-refractivity contribution in [3.05, 3.63) is 45.4 Å². The molecule has 1 saturated heterocycles. The molecule has 0 amide bonds. The molecule has 0 radical (unpaired) electrons. The summed E-state index contributed by atoms with van der Waals surface area (Å²) in [7, 11) is 1.77. The number of nitrogens with zero attached hydrogens (tertiary/aromatic N) is 3. The number of aromatic nitrogens is 3. The van der Waals surface area contributed by atoms with Crippen molar-refractivity contribution in [2.75, 3.05) is 26.8 Å². The molecule has 0 unspecified atom stereocenters. The van der Waals surface area contributed by atoms with E-state index < -0.39 is 6.10 Å². The van der Waals surface area contributed by atoms with Crippen molar-refractivity contribution >= 4 is 23.2 Å². The number of aryl methyl sites for hydroxylation is 2. The standard InChI is InChI=1S/C25H30Cl2N4O4/c1-13-7-16(11-33-13)8-21-23(27)24(22-14(2)31-35-15(22)3)30-25(29-21)19-9-18(5-6-20(19)26)34-12-17(32)10-28-4/h5-6,9,13,16-17,28,32H,7-8,10-12H2,1-4H3/t13-,16+,17-/m1/s1. The third kappa shape index (κ3) is 5.95. The summed E-state index contributed by atoms with van der Waals surface area (Å²) in [6, 6.07) is 5.26. The maximum Gasteiger partial charge on any atom is 0.161 e. The van der Waals surface area contributed by atoms with Crippen LogP contribution in [0.5, 0.6) is 5.75 Å². The van der Waals surface area contributed by atoms with Crippen LogP contribution in [-0.2, 0) is 11.2 Å². The Labute approximate surface area is 215 Å². The molecule has 10 heteroatoms. The second kappa shape index (κ2) is 11.2. The summed E-state index contributed by atoms with van der Waals surface area (Å²) in [5.41, 5.74) is 3.33. The van der Waals surface area contributed by atoms with Crippen molar-refractivity contribution in [3.8, 4) is 28.4 Å². The van der Waals surface area contributed by atoms with Gasteiger partial charge in [-0.1, -0.05) is 28.4 Å². The normalized spacial score (nSPS) is 18.7. The molecule has 0 spiro atoms. The number of rotatable bonds is 9. The molecule has 2 N–H and O–H groups in total. The molecule has 0 bridgehead atoms. The Morgan fingerprint density at radius 3 is 2.71 bits per heavy atom. The third-order valence-electron chi connectivity index (χ3n) is 6.01. The van der Waals surface area contributed by atoms with Crippen molar-refractivity contribution in [1.82, 2.24) is 20.4 Å². The fourth-order valence-corrected chi connectivity index (χ4v) is 4.77. The maximum absolute atomic E-state index is 9.99. The van der Waals surface area contributed by atoms with Gasteiger partial charge in [0, 0.05) is 12.1 Å². The van der Waals surface area contributed by atoms with Gasteiger partial charge in [-0.3, -0.25) is 0 Å². The van der Waals surface area contributed by atoms with E-state index >= 15 is 0 Å². The van der Waals surface area contributed by atoms with Crippen LogP contribution in [0, 0.1) is 19.8 Å². The number of hydrogen-bond donors (Lipinski definition) is 2. The molecule has 1 aliphatic rings. The Bertz CT molecular complexity index is 1170. The summed E-state index contributed by atoms with van der Waals surface area (Å²) in [6.07, 6.45) is 1.16. The summed E-state index contributed by atoms with van der Waals surface area (Å²) >= 11 is 13.5. The van der Waals surface area contributed by atoms with E-state index in [-0.39, 0.29) is 12.7 Å². The van der Waals surface area contributed by atoms with E-state index in [1.807, 2.05) is 13.8 Å². The van der Waals surface area contributed by atoms with Crippen molar-refractivity contribution in [2.24, 2.45) is 5.92 Å². The summed E-state index contributed by atoms with van der Waals surface area (Å²) in [5.74, 6) is 1.91. The lowest BCUT2D eigenvalue weighted by atomic mass is 9.98. The Morgan fingerprint density at radius 1 is 1.26 bits per heavy atom. The third-order valence-corrected chi connectivity index (χ3v) is 6.74. The number of nitrogens with one attached hydrogen (secondary N) is 1. The van der Waals surface area contributed by atoms with Crippen LogP contribution in [0.4, 0.5) is 0 Å². The molecular formula is C25H30Cl2N4O4. The van der Waals surface area contributed by atoms with Gasteiger partial charge in [-0.05, 0) is 64.8 Å². The van der Waals surface area contributed by atoms with E-state index in [1.165, 1.54) is 0 Å². The maximum atomic E-state index is 9.99. The van der Waals surface area contributed by atoms with Gasteiger partial charge in [-0.15, -0.1) is 0 Å². The molecule has 4 rings (SSSR count). The van der Waals surface area contributed by atoms with Crippen molar-refractivity contribution in [1.29, 1.82) is 0 Å². The molecule has 0 saturated carbocycles. The minimum Gasteiger partial charge on any atom is -0.491 e. The zero-order valence-corrected chi connectivity index (χ0v) is 21.8. The number of ether oxygens (including phenoxy) is 2. The van der Waals surface area contributed by atoms with E-state index in [1.54, 1.807) is 25.2 Å². The Morgan fingerprint density at radius 2 is 2.06 bits per heavy atom. The van der Waals surface area contributed by atoms with E-state index in [9.17, 15) is 5.11 Å². The number of aliphatic hydroxyl groups excluding tert-OH is 1. The molecule has 1 fully saturated rings. The van der Waals surface area contributed by atoms with Gasteiger partial charge >= 0.3 is 0 Å². The molecule has 0 aliphatic carbocycles. The lowest BCUT2D eigenvalue weighted by Crippen LogP contribution is -2.29. The van der Waals surface area contributed by atoms with Gasteiger partial charge in [0.2, 0.25) is 0 Å². The Balaban J connectivity index is 1.76. The average molecular weight is 521 g/mol. The topological polar surface area (TPSA) is 103 Å². The lowest BCUT2D eigenvalue weighted by molar-refractivity contribution is 0.108. The highest BCUT2D eigenvalue weighted by atomic mass is 35.5. The SMILES string of the molecule is CNC[C@@H](O)COc1ccc(Cl)c(-c2nc(C[C@H]3CO[C@H](C)C3)c(Cl)c(-c3c(C)noc3C)n2)c1. The van der Waals surface area contributed by atoms with Gasteiger partial charge in [0.15, 0.2) is 5.82 Å². The molecule has 3 heterocycles. The molecule has 1 aromatic carbocycles. The first-order valence-electron chi connectivity index (χ1n) is 11.6. The lowest BCUT2D eigenvalue weighted by Gasteiger charge is -2.16. The first-order chi connectivity index (χ1) is 16.8. The zero-order chi connectivity index (χ0) is 25.1. The second-order valence-corrected chi connectivity index (χ2v) is 9.75. The Kier molecular flexibility index (Phi) is 8.29. The monoisotopic (exact) mass is 520 g/mol. The van der Waals surface area contributed by atoms with Crippen LogP contribution >= 0.6 is 23.2 Å². The van der Waals surface area contributed by atoms with Crippen LogP contribution in [0.25, 0.3) is 22.6 Å². The molecule has 3 aromatic rings. The smallest absolute Gasteiger partial charge is 0.161 e. The number of likely N-dealkylation sites (N-methyl/N-ethyl adjacent to an activating group) is 1. The van der Waals surface area contributed by atoms with Gasteiger partial charge in [-0.25, -0.2) is 9.97 Å². The van der Waals surface area contributed by atoms with Crippen LogP contribution in [-0.4, -0.2) is 59.2 Å². The largest absolute Gasteiger partial charge is 0.491 e. The molecule has 2 aromatic heterocycles. The van der Waals surface area contributed by atoms with Gasteiger partial charge < -0.3 is 24.4 Å². The van der Waals surface area contributed by atoms with E-state index in [0.717, 1.165) is 17.7 Å². The number of halogens is 2. The summed E-state index contributed by atoms with van der Waals surface area (Å²) in [6.45, 7) is 6.98. The highest BCUT2D eigenvalue weighted by Crippen LogP contribution is 2.38. The highest BCUT2D eigenvalue weighted by Gasteiger charge is 2.27. The number of benzene rings is 1. The van der Waals surface area contributed by atoms with Crippen molar-refractivity contribution < 1.29 is 19.1 Å². The molecule has 8 nitrogen and oxygen atoms in total. The van der Waals surface area contributed by atoms with Crippen LogP contribution in [0.3, 0.4) is 0 Å². The predicted molar refractivity (Wildman–Crippen MR) is 135 cm³/mol. The molecule has 3 atom stereocenters.